The maximum absolute atomic E-state index is 12.6. The molecule has 144 valence electrons. The van der Waals surface area contributed by atoms with Gasteiger partial charge < -0.3 is 20.1 Å². The number of hydrogen-bond donors (Lipinski definition) is 2. The maximum Gasteiger partial charge on any atom is 0.274 e. The lowest BCUT2D eigenvalue weighted by Crippen LogP contribution is -2.14. The second kappa shape index (κ2) is 8.43. The Hall–Kier alpha value is -3.54. The summed E-state index contributed by atoms with van der Waals surface area (Å²) in [4.78, 5) is 16.8. The Morgan fingerprint density at radius 3 is 2.43 bits per heavy atom. The molecule has 2 N–H and O–H groups in total. The number of aryl methyl sites for hydroxylation is 2. The second-order valence-corrected chi connectivity index (χ2v) is 6.39. The van der Waals surface area contributed by atoms with Gasteiger partial charge >= 0.3 is 0 Å². The summed E-state index contributed by atoms with van der Waals surface area (Å²) < 4.78 is 10.6. The van der Waals surface area contributed by atoms with Crippen molar-refractivity contribution in [3.63, 3.8) is 0 Å². The molecule has 2 aromatic carbocycles. The third-order valence-corrected chi connectivity index (χ3v) is 4.31. The van der Waals surface area contributed by atoms with Crippen molar-refractivity contribution >= 4 is 23.0 Å². The summed E-state index contributed by atoms with van der Waals surface area (Å²) in [7, 11) is 3.20. The Morgan fingerprint density at radius 1 is 0.929 bits per heavy atom. The summed E-state index contributed by atoms with van der Waals surface area (Å²) in [6.07, 6.45) is 1.59. The molecule has 3 rings (SSSR count). The summed E-state index contributed by atoms with van der Waals surface area (Å²) in [5.41, 5.74) is 4.73. The first kappa shape index (κ1) is 19.2. The first-order chi connectivity index (χ1) is 13.5. The summed E-state index contributed by atoms with van der Waals surface area (Å²) in [6, 6.07) is 14.8. The summed E-state index contributed by atoms with van der Waals surface area (Å²) >= 11 is 0. The summed E-state index contributed by atoms with van der Waals surface area (Å²) in [5.74, 6) is 1.07. The van der Waals surface area contributed by atoms with Gasteiger partial charge in [0, 0.05) is 23.6 Å². The predicted octanol–water partition coefficient (Wildman–Crippen LogP) is 4.71. The van der Waals surface area contributed by atoms with Crippen LogP contribution in [0.2, 0.25) is 0 Å². The van der Waals surface area contributed by atoms with Crippen LogP contribution in [0.4, 0.5) is 17.1 Å². The molecule has 0 saturated carbocycles. The van der Waals surface area contributed by atoms with Crippen LogP contribution < -0.4 is 20.1 Å². The molecule has 1 aromatic heterocycles. The van der Waals surface area contributed by atoms with Crippen LogP contribution in [0.5, 0.6) is 11.5 Å². The highest BCUT2D eigenvalue weighted by Crippen LogP contribution is 2.31. The van der Waals surface area contributed by atoms with Crippen molar-refractivity contribution in [1.82, 2.24) is 4.98 Å². The van der Waals surface area contributed by atoms with Crippen LogP contribution in [-0.2, 0) is 0 Å². The van der Waals surface area contributed by atoms with Crippen molar-refractivity contribution in [1.29, 1.82) is 0 Å². The molecule has 0 radical (unpaired) electrons. The lowest BCUT2D eigenvalue weighted by molar-refractivity contribution is 0.102. The number of carbonyl (C=O) groups excluding carboxylic acids is 1. The van der Waals surface area contributed by atoms with E-state index in [9.17, 15) is 4.79 Å². The number of aromatic nitrogens is 1. The van der Waals surface area contributed by atoms with Gasteiger partial charge in [0.2, 0.25) is 0 Å². The highest BCUT2D eigenvalue weighted by atomic mass is 16.5. The second-order valence-electron chi connectivity index (χ2n) is 6.39. The highest BCUT2D eigenvalue weighted by molar-refractivity contribution is 6.03. The lowest BCUT2D eigenvalue weighted by Gasteiger charge is -2.13. The third-order valence-electron chi connectivity index (χ3n) is 4.31. The Morgan fingerprint density at radius 2 is 1.71 bits per heavy atom. The molecule has 28 heavy (non-hydrogen) atoms. The molecule has 0 atom stereocenters. The van der Waals surface area contributed by atoms with E-state index in [-0.39, 0.29) is 5.91 Å². The number of ether oxygens (including phenoxy) is 2. The molecule has 6 nitrogen and oxygen atoms in total. The Balaban J connectivity index is 1.79. The van der Waals surface area contributed by atoms with Crippen molar-refractivity contribution in [2.24, 2.45) is 0 Å². The zero-order chi connectivity index (χ0) is 20.1. The van der Waals surface area contributed by atoms with E-state index in [1.54, 1.807) is 38.6 Å². The van der Waals surface area contributed by atoms with E-state index in [1.807, 2.05) is 44.2 Å². The monoisotopic (exact) mass is 377 g/mol. The fourth-order valence-electron chi connectivity index (χ4n) is 2.83. The van der Waals surface area contributed by atoms with E-state index >= 15 is 0 Å². The van der Waals surface area contributed by atoms with Crippen LogP contribution in [0.1, 0.15) is 21.6 Å². The number of methoxy groups -OCH3 is 2. The zero-order valence-electron chi connectivity index (χ0n) is 16.4. The number of benzene rings is 2. The minimum Gasteiger partial charge on any atom is -0.497 e. The van der Waals surface area contributed by atoms with Crippen LogP contribution in [0, 0.1) is 13.8 Å². The van der Waals surface area contributed by atoms with Crippen molar-refractivity contribution in [2.45, 2.75) is 13.8 Å². The molecular weight excluding hydrogens is 354 g/mol. The van der Waals surface area contributed by atoms with E-state index in [0.717, 1.165) is 28.2 Å². The zero-order valence-corrected chi connectivity index (χ0v) is 16.4. The Labute approximate surface area is 164 Å². The van der Waals surface area contributed by atoms with Gasteiger partial charge in [0.1, 0.15) is 17.2 Å². The largest absolute Gasteiger partial charge is 0.497 e. The predicted molar refractivity (Wildman–Crippen MR) is 111 cm³/mol. The molecule has 0 spiro atoms. The maximum atomic E-state index is 12.6. The van der Waals surface area contributed by atoms with Crippen molar-refractivity contribution < 1.29 is 14.3 Å². The number of amides is 1. The van der Waals surface area contributed by atoms with Crippen molar-refractivity contribution in [2.75, 3.05) is 24.9 Å². The number of pyridine rings is 1. The van der Waals surface area contributed by atoms with E-state index in [4.69, 9.17) is 9.47 Å². The molecule has 6 heteroatoms. The molecule has 0 saturated heterocycles. The average Bonchev–Trinajstić information content (AvgIpc) is 2.70. The standard InChI is InChI=1S/C22H23N3O3/c1-14-5-7-18(15(2)11-14)25-22(26)20-12-16(9-10-23-20)24-19-8-6-17(27-3)13-21(19)28-4/h5-13H,1-4H3,(H,23,24)(H,25,26). The number of carbonyl (C=O) groups is 1. The number of rotatable bonds is 6. The van der Waals surface area contributed by atoms with Gasteiger partial charge in [-0.05, 0) is 49.7 Å². The van der Waals surface area contributed by atoms with E-state index in [1.165, 1.54) is 0 Å². The molecule has 0 aliphatic heterocycles. The normalized spacial score (nSPS) is 10.3. The Kier molecular flexibility index (Phi) is 5.79. The molecule has 1 heterocycles. The molecular formula is C22H23N3O3. The Bertz CT molecular complexity index is 1000. The van der Waals surface area contributed by atoms with Gasteiger partial charge in [0.05, 0.1) is 19.9 Å². The van der Waals surface area contributed by atoms with E-state index in [0.29, 0.717) is 17.2 Å². The van der Waals surface area contributed by atoms with Crippen LogP contribution in [0.3, 0.4) is 0 Å². The van der Waals surface area contributed by atoms with Gasteiger partial charge in [-0.3, -0.25) is 9.78 Å². The minimum atomic E-state index is -0.266. The smallest absolute Gasteiger partial charge is 0.274 e. The molecule has 0 aliphatic carbocycles. The molecule has 0 bridgehead atoms. The van der Waals surface area contributed by atoms with Gasteiger partial charge in [-0.1, -0.05) is 17.7 Å². The molecule has 1 amide bonds. The molecule has 3 aromatic rings. The number of nitrogens with one attached hydrogen (secondary N) is 2. The van der Waals surface area contributed by atoms with E-state index < -0.39 is 0 Å². The van der Waals surface area contributed by atoms with E-state index in [2.05, 4.69) is 15.6 Å². The number of nitrogens with zero attached hydrogens (tertiary/aromatic N) is 1. The van der Waals surface area contributed by atoms with Gasteiger partial charge in [0.25, 0.3) is 5.91 Å². The fourth-order valence-corrected chi connectivity index (χ4v) is 2.83. The van der Waals surface area contributed by atoms with Crippen LogP contribution >= 0.6 is 0 Å². The third kappa shape index (κ3) is 4.40. The van der Waals surface area contributed by atoms with Gasteiger partial charge in [-0.25, -0.2) is 0 Å². The summed E-state index contributed by atoms with van der Waals surface area (Å²) in [5, 5.41) is 6.16. The molecule has 0 unspecified atom stereocenters. The summed E-state index contributed by atoms with van der Waals surface area (Å²) in [6.45, 7) is 3.98. The van der Waals surface area contributed by atoms with Crippen molar-refractivity contribution in [3.05, 3.63) is 71.5 Å². The fraction of sp³-hybridized carbons (Fsp3) is 0.182. The van der Waals surface area contributed by atoms with Crippen molar-refractivity contribution in [3.8, 4) is 11.5 Å². The average molecular weight is 377 g/mol. The van der Waals surface area contributed by atoms with Gasteiger partial charge in [0.15, 0.2) is 0 Å². The molecule has 0 fully saturated rings. The van der Waals surface area contributed by atoms with Crippen LogP contribution in [0.15, 0.2) is 54.7 Å². The lowest BCUT2D eigenvalue weighted by atomic mass is 10.1. The minimum absolute atomic E-state index is 0.266. The number of anilines is 3. The quantitative estimate of drug-likeness (QED) is 0.651. The highest BCUT2D eigenvalue weighted by Gasteiger charge is 2.11. The SMILES string of the molecule is COc1ccc(Nc2ccnc(C(=O)Nc3ccc(C)cc3C)c2)c(OC)c1. The van der Waals surface area contributed by atoms with Gasteiger partial charge in [-0.15, -0.1) is 0 Å². The van der Waals surface area contributed by atoms with Crippen LogP contribution in [-0.4, -0.2) is 25.1 Å². The topological polar surface area (TPSA) is 72.5 Å². The first-order valence-corrected chi connectivity index (χ1v) is 8.84. The van der Waals surface area contributed by atoms with Crippen LogP contribution in [0.25, 0.3) is 0 Å². The van der Waals surface area contributed by atoms with Gasteiger partial charge in [-0.2, -0.15) is 0 Å². The first-order valence-electron chi connectivity index (χ1n) is 8.84. The number of hydrogen-bond acceptors (Lipinski definition) is 5. The molecule has 0 aliphatic rings.